The minimum absolute atomic E-state index is 0.247. The van der Waals surface area contributed by atoms with Crippen LogP contribution < -0.4 is 4.90 Å². The number of hydrogen-bond acceptors (Lipinski definition) is 2. The standard InChI is InChI=1S/C68H47NO/c1-4-21-47(22-5-1)67(48-23-6-2-7-24-48)63-36-16-12-30-57(63)60-45-53(42-43-64(60)67)69(52-27-18-20-46(44-52)54-32-19-33-59-58-31-13-17-37-65(58)70-66(54)59)51-40-38-50(39-41-51)68(49-25-8-3-9-26-49)61-34-14-10-28-55(61)56-29-11-15-35-62(56)68/h1-23,25-45,48H,24H2. The molecule has 0 radical (unpaired) electrons. The fourth-order valence-electron chi connectivity index (χ4n) is 12.8. The van der Waals surface area contributed by atoms with Gasteiger partial charge in [0.15, 0.2) is 0 Å². The number of fused-ring (bicyclic) bond motifs is 9. The first-order valence-electron chi connectivity index (χ1n) is 24.5. The molecule has 2 atom stereocenters. The van der Waals surface area contributed by atoms with Crippen LogP contribution in [0.3, 0.4) is 0 Å². The maximum absolute atomic E-state index is 6.63. The van der Waals surface area contributed by atoms with Gasteiger partial charge in [-0.15, -0.1) is 0 Å². The molecule has 2 unspecified atom stereocenters. The SMILES string of the molecule is C1=CCC(C2(c3ccccc3)c3ccccc3-c3cc(N(c4ccc(C5(c6ccccc6)c6ccccc6-c6ccccc65)cc4)c4cccc(-c5cccc6c5oc5ccccc56)c4)ccc32)C=C1. The normalized spacial score (nSPS) is 17.0. The van der Waals surface area contributed by atoms with Crippen LogP contribution in [0.5, 0.6) is 0 Å². The van der Waals surface area contributed by atoms with Gasteiger partial charge in [-0.25, -0.2) is 0 Å². The van der Waals surface area contributed by atoms with Crippen molar-refractivity contribution in [3.05, 3.63) is 306 Å². The molecular formula is C68H47NO. The van der Waals surface area contributed by atoms with Crippen molar-refractivity contribution in [1.29, 1.82) is 0 Å². The molecule has 1 aromatic heterocycles. The Morgan fingerprint density at radius 1 is 0.386 bits per heavy atom. The highest BCUT2D eigenvalue weighted by molar-refractivity contribution is 6.09. The van der Waals surface area contributed by atoms with Gasteiger partial charge in [0, 0.05) is 33.4 Å². The van der Waals surface area contributed by atoms with E-state index in [9.17, 15) is 0 Å². The third-order valence-electron chi connectivity index (χ3n) is 15.6. The Balaban J connectivity index is 0.982. The summed E-state index contributed by atoms with van der Waals surface area (Å²) in [6.07, 6.45) is 10.2. The van der Waals surface area contributed by atoms with Gasteiger partial charge in [-0.05, 0) is 122 Å². The highest BCUT2D eigenvalue weighted by atomic mass is 16.3. The lowest BCUT2D eigenvalue weighted by molar-refractivity contribution is 0.457. The van der Waals surface area contributed by atoms with Gasteiger partial charge >= 0.3 is 0 Å². The second-order valence-electron chi connectivity index (χ2n) is 19.0. The van der Waals surface area contributed by atoms with Gasteiger partial charge in [0.05, 0.1) is 10.8 Å². The molecule has 2 nitrogen and oxygen atoms in total. The van der Waals surface area contributed by atoms with Gasteiger partial charge in [-0.1, -0.05) is 224 Å². The second kappa shape index (κ2) is 15.9. The van der Waals surface area contributed by atoms with Crippen molar-refractivity contribution in [2.45, 2.75) is 17.3 Å². The molecule has 0 aliphatic heterocycles. The van der Waals surface area contributed by atoms with Gasteiger partial charge < -0.3 is 9.32 Å². The lowest BCUT2D eigenvalue weighted by Crippen LogP contribution is -2.35. The maximum atomic E-state index is 6.63. The van der Waals surface area contributed by atoms with Crippen LogP contribution in [-0.2, 0) is 10.8 Å². The van der Waals surface area contributed by atoms with E-state index < -0.39 is 5.41 Å². The predicted molar refractivity (Wildman–Crippen MR) is 289 cm³/mol. The summed E-state index contributed by atoms with van der Waals surface area (Å²) in [5.74, 6) is 0.247. The van der Waals surface area contributed by atoms with Crippen molar-refractivity contribution in [2.24, 2.45) is 5.92 Å². The summed E-state index contributed by atoms with van der Waals surface area (Å²) in [5.41, 5.74) is 20.6. The molecule has 0 spiro atoms. The smallest absolute Gasteiger partial charge is 0.143 e. The van der Waals surface area contributed by atoms with Crippen LogP contribution in [0.1, 0.15) is 45.4 Å². The molecule has 2 heteroatoms. The van der Waals surface area contributed by atoms with Crippen LogP contribution in [0, 0.1) is 5.92 Å². The average molecular weight is 894 g/mol. The number of allylic oxidation sites excluding steroid dienone is 4. The summed E-state index contributed by atoms with van der Waals surface area (Å²) in [6, 6.07) is 89.8. The van der Waals surface area contributed by atoms with Crippen LogP contribution in [0.15, 0.2) is 271 Å². The lowest BCUT2D eigenvalue weighted by Gasteiger charge is -2.39. The molecule has 10 aromatic carbocycles. The van der Waals surface area contributed by atoms with Gasteiger partial charge in [0.2, 0.25) is 0 Å². The third-order valence-corrected chi connectivity index (χ3v) is 15.6. The number of rotatable bonds is 8. The molecule has 0 amide bonds. The molecule has 1 heterocycles. The molecule has 70 heavy (non-hydrogen) atoms. The fraction of sp³-hybridized carbons (Fsp3) is 0.0588. The summed E-state index contributed by atoms with van der Waals surface area (Å²) in [7, 11) is 0. The summed E-state index contributed by atoms with van der Waals surface area (Å²) in [6.45, 7) is 0. The fourth-order valence-corrected chi connectivity index (χ4v) is 12.8. The highest BCUT2D eigenvalue weighted by Gasteiger charge is 2.49. The number of furan rings is 1. The topological polar surface area (TPSA) is 16.4 Å². The Bertz CT molecular complexity index is 3830. The van der Waals surface area contributed by atoms with E-state index in [2.05, 4.69) is 266 Å². The van der Waals surface area contributed by atoms with Gasteiger partial charge in [0.25, 0.3) is 0 Å². The largest absolute Gasteiger partial charge is 0.455 e. The Kier molecular flexibility index (Phi) is 9.19. The molecule has 0 saturated carbocycles. The molecule has 3 aliphatic carbocycles. The first kappa shape index (κ1) is 40.4. The van der Waals surface area contributed by atoms with Crippen LogP contribution in [0.25, 0.3) is 55.3 Å². The average Bonchev–Trinajstić information content (AvgIpc) is 4.07. The minimum atomic E-state index is -0.496. The van der Waals surface area contributed by atoms with Crippen molar-refractivity contribution in [3.63, 3.8) is 0 Å². The summed E-state index contributed by atoms with van der Waals surface area (Å²) >= 11 is 0. The summed E-state index contributed by atoms with van der Waals surface area (Å²) < 4.78 is 6.63. The number of hydrogen-bond donors (Lipinski definition) is 0. The molecule has 0 bridgehead atoms. The van der Waals surface area contributed by atoms with E-state index >= 15 is 0 Å². The zero-order valence-electron chi connectivity index (χ0n) is 38.5. The Morgan fingerprint density at radius 3 is 1.67 bits per heavy atom. The number of anilines is 3. The van der Waals surface area contributed by atoms with E-state index in [1.807, 2.05) is 6.07 Å². The first-order valence-corrected chi connectivity index (χ1v) is 24.5. The zero-order valence-corrected chi connectivity index (χ0v) is 38.5. The predicted octanol–water partition coefficient (Wildman–Crippen LogP) is 17.5. The molecule has 0 N–H and O–H groups in total. The van der Waals surface area contributed by atoms with E-state index in [1.165, 1.54) is 61.2 Å². The molecule has 0 fully saturated rings. The first-order chi connectivity index (χ1) is 34.7. The van der Waals surface area contributed by atoms with E-state index in [0.717, 1.165) is 56.5 Å². The quantitative estimate of drug-likeness (QED) is 0.151. The monoisotopic (exact) mass is 893 g/mol. The number of nitrogens with zero attached hydrogens (tertiary/aromatic N) is 1. The molecule has 330 valence electrons. The van der Waals surface area contributed by atoms with Crippen LogP contribution in [0.4, 0.5) is 17.1 Å². The van der Waals surface area contributed by atoms with Gasteiger partial charge in [-0.3, -0.25) is 0 Å². The van der Waals surface area contributed by atoms with E-state index in [1.54, 1.807) is 0 Å². The number of para-hydroxylation sites is 2. The van der Waals surface area contributed by atoms with E-state index in [4.69, 9.17) is 4.42 Å². The molecule has 3 aliphatic rings. The Hall–Kier alpha value is -8.72. The maximum Gasteiger partial charge on any atom is 0.143 e. The number of benzene rings is 10. The molecule has 11 aromatic rings. The second-order valence-corrected chi connectivity index (χ2v) is 19.0. The van der Waals surface area contributed by atoms with Crippen molar-refractivity contribution >= 4 is 39.0 Å². The van der Waals surface area contributed by atoms with E-state index in [0.29, 0.717) is 0 Å². The van der Waals surface area contributed by atoms with Gasteiger partial charge in [-0.2, -0.15) is 0 Å². The third kappa shape index (κ3) is 5.80. The highest BCUT2D eigenvalue weighted by Crippen LogP contribution is 2.60. The van der Waals surface area contributed by atoms with Crippen molar-refractivity contribution in [2.75, 3.05) is 4.90 Å². The minimum Gasteiger partial charge on any atom is -0.455 e. The van der Waals surface area contributed by atoms with Crippen molar-refractivity contribution < 1.29 is 4.42 Å². The molecular weight excluding hydrogens is 847 g/mol. The van der Waals surface area contributed by atoms with Crippen LogP contribution >= 0.6 is 0 Å². The summed E-state index contributed by atoms with van der Waals surface area (Å²) in [4.78, 5) is 2.45. The Morgan fingerprint density at radius 2 is 0.943 bits per heavy atom. The van der Waals surface area contributed by atoms with Crippen LogP contribution in [-0.4, -0.2) is 0 Å². The molecule has 14 rings (SSSR count). The van der Waals surface area contributed by atoms with E-state index in [-0.39, 0.29) is 11.3 Å². The summed E-state index contributed by atoms with van der Waals surface area (Å²) in [5, 5.41) is 2.25. The van der Waals surface area contributed by atoms with Gasteiger partial charge in [0.1, 0.15) is 11.2 Å². The lowest BCUT2D eigenvalue weighted by atomic mass is 9.62. The van der Waals surface area contributed by atoms with Crippen molar-refractivity contribution in [1.82, 2.24) is 0 Å². The Labute approximate surface area is 408 Å². The van der Waals surface area contributed by atoms with Crippen LogP contribution in [0.2, 0.25) is 0 Å². The zero-order chi connectivity index (χ0) is 46.2. The van der Waals surface area contributed by atoms with Crippen molar-refractivity contribution in [3.8, 4) is 33.4 Å². The molecule has 0 saturated heterocycles.